The molecule has 0 aliphatic carbocycles. The summed E-state index contributed by atoms with van der Waals surface area (Å²) in [5.74, 6) is 3.04. The maximum Gasteiger partial charge on any atom is 0.148 e. The molecule has 68 valence electrons. The number of benzene rings is 1. The fraction of sp³-hybridized carbons (Fsp3) is 0.200. The van der Waals surface area contributed by atoms with Crippen molar-refractivity contribution in [3.63, 3.8) is 0 Å². The van der Waals surface area contributed by atoms with Crippen LogP contribution in [0.3, 0.4) is 0 Å². The van der Waals surface area contributed by atoms with Crippen LogP contribution in [0.1, 0.15) is 5.56 Å². The Morgan fingerprint density at radius 2 is 2.31 bits per heavy atom. The molecule has 2 nitrogen and oxygen atoms in total. The van der Waals surface area contributed by atoms with E-state index >= 15 is 0 Å². The van der Waals surface area contributed by atoms with Gasteiger partial charge in [0, 0.05) is 4.47 Å². The molecule has 1 rings (SSSR count). The predicted octanol–water partition coefficient (Wildman–Crippen LogP) is 1.95. The summed E-state index contributed by atoms with van der Waals surface area (Å²) in [6, 6.07) is 5.36. The Morgan fingerprint density at radius 3 is 2.92 bits per heavy atom. The van der Waals surface area contributed by atoms with Crippen LogP contribution in [-0.2, 0) is 6.61 Å². The predicted molar refractivity (Wildman–Crippen MR) is 54.4 cm³/mol. The summed E-state index contributed by atoms with van der Waals surface area (Å²) in [5.41, 5.74) is 0.787. The molecular formula is C10H9BrO2. The lowest BCUT2D eigenvalue weighted by atomic mass is 10.2. The third-order valence-corrected chi connectivity index (χ3v) is 2.28. The highest BCUT2D eigenvalue weighted by Gasteiger charge is 2.00. The summed E-state index contributed by atoms with van der Waals surface area (Å²) in [7, 11) is 0. The summed E-state index contributed by atoms with van der Waals surface area (Å²) >= 11 is 3.30. The number of hydrogen-bond donors (Lipinski definition) is 1. The zero-order valence-electron chi connectivity index (χ0n) is 6.96. The van der Waals surface area contributed by atoms with Crippen LogP contribution in [-0.4, -0.2) is 11.7 Å². The molecule has 0 fully saturated rings. The Labute approximate surface area is 85.7 Å². The monoisotopic (exact) mass is 240 g/mol. The SMILES string of the molecule is C#CCOc1ccc(Br)c(CO)c1. The van der Waals surface area contributed by atoms with E-state index in [9.17, 15) is 0 Å². The number of hydrogen-bond acceptors (Lipinski definition) is 2. The fourth-order valence-electron chi connectivity index (χ4n) is 0.887. The van der Waals surface area contributed by atoms with Gasteiger partial charge in [-0.25, -0.2) is 0 Å². The van der Waals surface area contributed by atoms with Gasteiger partial charge >= 0.3 is 0 Å². The summed E-state index contributed by atoms with van der Waals surface area (Å²) in [4.78, 5) is 0. The van der Waals surface area contributed by atoms with E-state index in [4.69, 9.17) is 16.3 Å². The topological polar surface area (TPSA) is 29.5 Å². The van der Waals surface area contributed by atoms with Gasteiger partial charge in [-0.2, -0.15) is 0 Å². The molecule has 0 amide bonds. The average Bonchev–Trinajstić information content (AvgIpc) is 2.16. The van der Waals surface area contributed by atoms with Gasteiger partial charge in [-0.05, 0) is 23.8 Å². The Kier molecular flexibility index (Phi) is 3.81. The Hall–Kier alpha value is -0.980. The molecular weight excluding hydrogens is 232 g/mol. The van der Waals surface area contributed by atoms with Crippen molar-refractivity contribution in [2.45, 2.75) is 6.61 Å². The second-order valence-corrected chi connectivity index (χ2v) is 3.26. The van der Waals surface area contributed by atoms with Crippen LogP contribution in [0, 0.1) is 12.3 Å². The van der Waals surface area contributed by atoms with Crippen LogP contribution >= 0.6 is 15.9 Å². The zero-order chi connectivity index (χ0) is 9.68. The van der Waals surface area contributed by atoms with Crippen molar-refractivity contribution in [3.8, 4) is 18.1 Å². The van der Waals surface area contributed by atoms with Crippen molar-refractivity contribution in [1.29, 1.82) is 0 Å². The van der Waals surface area contributed by atoms with Gasteiger partial charge in [0.2, 0.25) is 0 Å². The standard InChI is InChI=1S/C10H9BrO2/c1-2-5-13-9-3-4-10(11)8(6-9)7-12/h1,3-4,6,12H,5,7H2. The normalized spacial score (nSPS) is 9.31. The Bertz CT molecular complexity index is 328. The van der Waals surface area contributed by atoms with Crippen LogP contribution < -0.4 is 4.74 Å². The molecule has 0 heterocycles. The number of terminal acetylenes is 1. The first-order valence-corrected chi connectivity index (χ1v) is 4.52. The molecule has 0 saturated heterocycles. The summed E-state index contributed by atoms with van der Waals surface area (Å²) in [6.45, 7) is 0.223. The molecule has 1 aromatic carbocycles. The number of halogens is 1. The highest BCUT2D eigenvalue weighted by Crippen LogP contribution is 2.22. The van der Waals surface area contributed by atoms with Crippen LogP contribution in [0.2, 0.25) is 0 Å². The lowest BCUT2D eigenvalue weighted by Crippen LogP contribution is -1.94. The second kappa shape index (κ2) is 4.90. The van der Waals surface area contributed by atoms with E-state index in [0.29, 0.717) is 5.75 Å². The summed E-state index contributed by atoms with van der Waals surface area (Å²) in [6.07, 6.45) is 5.04. The van der Waals surface area contributed by atoms with Gasteiger partial charge in [-0.1, -0.05) is 21.9 Å². The van der Waals surface area contributed by atoms with Gasteiger partial charge in [0.15, 0.2) is 0 Å². The van der Waals surface area contributed by atoms with Crippen LogP contribution in [0.15, 0.2) is 22.7 Å². The highest BCUT2D eigenvalue weighted by molar-refractivity contribution is 9.10. The van der Waals surface area contributed by atoms with Gasteiger partial charge < -0.3 is 9.84 Å². The van der Waals surface area contributed by atoms with Crippen molar-refractivity contribution < 1.29 is 9.84 Å². The van der Waals surface area contributed by atoms with Gasteiger partial charge in [0.25, 0.3) is 0 Å². The van der Waals surface area contributed by atoms with Crippen LogP contribution in [0.4, 0.5) is 0 Å². The first-order chi connectivity index (χ1) is 6.27. The van der Waals surface area contributed by atoms with E-state index in [1.807, 2.05) is 6.07 Å². The number of aliphatic hydroxyl groups is 1. The molecule has 0 aliphatic rings. The first-order valence-electron chi connectivity index (χ1n) is 3.73. The van der Waals surface area contributed by atoms with Crippen molar-refractivity contribution >= 4 is 15.9 Å². The van der Waals surface area contributed by atoms with E-state index < -0.39 is 0 Å². The number of rotatable bonds is 3. The van der Waals surface area contributed by atoms with E-state index in [1.165, 1.54) is 0 Å². The van der Waals surface area contributed by atoms with Crippen molar-refractivity contribution in [2.24, 2.45) is 0 Å². The molecule has 0 spiro atoms. The van der Waals surface area contributed by atoms with E-state index in [-0.39, 0.29) is 13.2 Å². The molecule has 1 N–H and O–H groups in total. The first kappa shape index (κ1) is 10.1. The van der Waals surface area contributed by atoms with Crippen molar-refractivity contribution in [2.75, 3.05) is 6.61 Å². The lowest BCUT2D eigenvalue weighted by Gasteiger charge is -2.05. The molecule has 0 aliphatic heterocycles. The third-order valence-electron chi connectivity index (χ3n) is 1.51. The van der Waals surface area contributed by atoms with Gasteiger partial charge in [0.1, 0.15) is 12.4 Å². The lowest BCUT2D eigenvalue weighted by molar-refractivity contribution is 0.280. The van der Waals surface area contributed by atoms with Gasteiger partial charge in [-0.15, -0.1) is 6.42 Å². The molecule has 0 bridgehead atoms. The summed E-state index contributed by atoms with van der Waals surface area (Å²) < 4.78 is 6.05. The second-order valence-electron chi connectivity index (χ2n) is 2.40. The molecule has 1 aromatic rings. The quantitative estimate of drug-likeness (QED) is 0.819. The zero-order valence-corrected chi connectivity index (χ0v) is 8.54. The molecule has 13 heavy (non-hydrogen) atoms. The number of ether oxygens (including phenoxy) is 1. The van der Waals surface area contributed by atoms with Crippen molar-refractivity contribution in [3.05, 3.63) is 28.2 Å². The van der Waals surface area contributed by atoms with E-state index in [1.54, 1.807) is 12.1 Å². The molecule has 0 atom stereocenters. The molecule has 0 unspecified atom stereocenters. The minimum Gasteiger partial charge on any atom is -0.481 e. The fourth-order valence-corrected chi connectivity index (χ4v) is 1.26. The molecule has 0 radical (unpaired) electrons. The van der Waals surface area contributed by atoms with E-state index in [2.05, 4.69) is 21.9 Å². The van der Waals surface area contributed by atoms with Crippen LogP contribution in [0.25, 0.3) is 0 Å². The van der Waals surface area contributed by atoms with Crippen LogP contribution in [0.5, 0.6) is 5.75 Å². The number of aliphatic hydroxyl groups excluding tert-OH is 1. The highest BCUT2D eigenvalue weighted by atomic mass is 79.9. The third kappa shape index (κ3) is 2.76. The average molecular weight is 241 g/mol. The maximum absolute atomic E-state index is 8.94. The molecule has 0 saturated carbocycles. The van der Waals surface area contributed by atoms with E-state index in [0.717, 1.165) is 10.0 Å². The minimum absolute atomic E-state index is 0.0200. The summed E-state index contributed by atoms with van der Waals surface area (Å²) in [5, 5.41) is 8.94. The van der Waals surface area contributed by atoms with Crippen molar-refractivity contribution in [1.82, 2.24) is 0 Å². The van der Waals surface area contributed by atoms with Gasteiger partial charge in [-0.3, -0.25) is 0 Å². The maximum atomic E-state index is 8.94. The minimum atomic E-state index is -0.0200. The largest absolute Gasteiger partial charge is 0.481 e. The molecule has 0 aromatic heterocycles. The Balaban J connectivity index is 2.81. The smallest absolute Gasteiger partial charge is 0.148 e. The van der Waals surface area contributed by atoms with Gasteiger partial charge in [0.05, 0.1) is 6.61 Å². The molecule has 3 heteroatoms. The Morgan fingerprint density at radius 1 is 1.54 bits per heavy atom.